The maximum Gasteiger partial charge on any atom is 0.374 e. The molecular weight excluding hydrogens is 275 g/mol. The molecule has 2 rings (SSSR count). The van der Waals surface area contributed by atoms with E-state index in [1.165, 1.54) is 10.5 Å². The van der Waals surface area contributed by atoms with Crippen molar-refractivity contribution in [2.24, 2.45) is 0 Å². The normalized spacial score (nSPS) is 10.9. The van der Waals surface area contributed by atoms with Gasteiger partial charge in [-0.05, 0) is 12.1 Å². The SMILES string of the molecule is CO.O=C(O)Cc1cccc2ncc(P(=O)(O)O)n12. The first-order valence-electron chi connectivity index (χ1n) is 5.07. The number of aromatic nitrogens is 2. The van der Waals surface area contributed by atoms with Gasteiger partial charge in [0.2, 0.25) is 0 Å². The average Bonchev–Trinajstić information content (AvgIpc) is 2.75. The fourth-order valence-corrected chi connectivity index (χ4v) is 2.29. The maximum atomic E-state index is 11.2. The van der Waals surface area contributed by atoms with Gasteiger partial charge in [-0.2, -0.15) is 0 Å². The van der Waals surface area contributed by atoms with Gasteiger partial charge in [-0.25, -0.2) is 4.98 Å². The topological polar surface area (TPSA) is 132 Å². The van der Waals surface area contributed by atoms with Gasteiger partial charge in [0.05, 0.1) is 12.6 Å². The molecule has 0 spiro atoms. The molecule has 104 valence electrons. The van der Waals surface area contributed by atoms with Crippen LogP contribution in [0.2, 0.25) is 0 Å². The first kappa shape index (κ1) is 15.3. The summed E-state index contributed by atoms with van der Waals surface area (Å²) in [5.41, 5.74) is 0.275. The van der Waals surface area contributed by atoms with Crippen LogP contribution in [0.1, 0.15) is 5.69 Å². The highest BCUT2D eigenvalue weighted by atomic mass is 31.2. The molecule has 0 saturated carbocycles. The molecule has 0 amide bonds. The summed E-state index contributed by atoms with van der Waals surface area (Å²) in [6.45, 7) is 0. The number of hydrogen-bond acceptors (Lipinski definition) is 4. The number of rotatable bonds is 3. The monoisotopic (exact) mass is 288 g/mol. The first-order chi connectivity index (χ1) is 8.89. The largest absolute Gasteiger partial charge is 0.481 e. The predicted octanol–water partition coefficient (Wildman–Crippen LogP) is -0.627. The van der Waals surface area contributed by atoms with Crippen molar-refractivity contribution in [1.82, 2.24) is 9.38 Å². The van der Waals surface area contributed by atoms with E-state index in [9.17, 15) is 9.36 Å². The van der Waals surface area contributed by atoms with Crippen molar-refractivity contribution in [2.75, 3.05) is 7.11 Å². The second kappa shape index (κ2) is 5.94. The Labute approximate surface area is 108 Å². The number of fused-ring (bicyclic) bond motifs is 1. The lowest BCUT2D eigenvalue weighted by Crippen LogP contribution is -2.16. The lowest BCUT2D eigenvalue weighted by atomic mass is 10.2. The van der Waals surface area contributed by atoms with Crippen LogP contribution in [0, 0.1) is 0 Å². The van der Waals surface area contributed by atoms with Gasteiger partial charge in [0.15, 0.2) is 5.44 Å². The molecule has 0 unspecified atom stereocenters. The van der Waals surface area contributed by atoms with Gasteiger partial charge >= 0.3 is 13.6 Å². The van der Waals surface area contributed by atoms with Gasteiger partial charge in [-0.3, -0.25) is 13.8 Å². The van der Waals surface area contributed by atoms with E-state index in [2.05, 4.69) is 4.98 Å². The Kier molecular flexibility index (Phi) is 4.79. The van der Waals surface area contributed by atoms with E-state index in [-0.39, 0.29) is 17.5 Å². The molecule has 19 heavy (non-hydrogen) atoms. The van der Waals surface area contributed by atoms with Crippen molar-refractivity contribution in [3.63, 3.8) is 0 Å². The molecule has 0 fully saturated rings. The van der Waals surface area contributed by atoms with Crippen LogP contribution in [0.25, 0.3) is 5.65 Å². The summed E-state index contributed by atoms with van der Waals surface area (Å²) in [5.74, 6) is -1.08. The van der Waals surface area contributed by atoms with E-state index in [1.807, 2.05) is 0 Å². The molecule has 4 N–H and O–H groups in total. The van der Waals surface area contributed by atoms with E-state index < -0.39 is 13.6 Å². The molecular formula is C10H13N2O6P. The first-order valence-corrected chi connectivity index (χ1v) is 6.69. The number of aliphatic hydroxyl groups excluding tert-OH is 1. The smallest absolute Gasteiger partial charge is 0.374 e. The summed E-state index contributed by atoms with van der Waals surface area (Å²) in [4.78, 5) is 32.8. The average molecular weight is 288 g/mol. The molecule has 2 heterocycles. The molecule has 0 aliphatic carbocycles. The third-order valence-electron chi connectivity index (χ3n) is 2.22. The Balaban J connectivity index is 0.000000861. The highest BCUT2D eigenvalue weighted by Gasteiger charge is 2.24. The molecule has 9 heteroatoms. The number of hydrogen-bond donors (Lipinski definition) is 4. The van der Waals surface area contributed by atoms with E-state index in [4.69, 9.17) is 20.0 Å². The lowest BCUT2D eigenvalue weighted by Gasteiger charge is -2.07. The van der Waals surface area contributed by atoms with Gasteiger partial charge in [0.25, 0.3) is 0 Å². The van der Waals surface area contributed by atoms with E-state index >= 15 is 0 Å². The molecule has 8 nitrogen and oxygen atoms in total. The van der Waals surface area contributed by atoms with Crippen LogP contribution < -0.4 is 5.44 Å². The summed E-state index contributed by atoms with van der Waals surface area (Å²) in [6, 6.07) is 4.62. The number of carboxylic acids is 1. The Morgan fingerprint density at radius 2 is 2.00 bits per heavy atom. The third kappa shape index (κ3) is 3.39. The molecule has 0 bridgehead atoms. The van der Waals surface area contributed by atoms with Crippen LogP contribution in [0.5, 0.6) is 0 Å². The zero-order valence-corrected chi connectivity index (χ0v) is 10.9. The lowest BCUT2D eigenvalue weighted by molar-refractivity contribution is -0.136. The van der Waals surface area contributed by atoms with Crippen LogP contribution in [-0.2, 0) is 15.8 Å². The van der Waals surface area contributed by atoms with Gasteiger partial charge in [-0.1, -0.05) is 6.07 Å². The second-order valence-corrected chi connectivity index (χ2v) is 4.99. The molecule has 0 saturated heterocycles. The van der Waals surface area contributed by atoms with Gasteiger partial charge in [0, 0.05) is 12.8 Å². The summed E-state index contributed by atoms with van der Waals surface area (Å²) in [5, 5.41) is 15.7. The molecule has 0 atom stereocenters. The van der Waals surface area contributed by atoms with Gasteiger partial charge in [0.1, 0.15) is 5.65 Å². The molecule has 0 aliphatic heterocycles. The number of pyridine rings is 1. The highest BCUT2D eigenvalue weighted by Crippen LogP contribution is 2.33. The summed E-state index contributed by atoms with van der Waals surface area (Å²) in [6.07, 6.45) is 0.724. The third-order valence-corrected chi connectivity index (χ3v) is 3.13. The van der Waals surface area contributed by atoms with Crippen LogP contribution in [0.3, 0.4) is 0 Å². The number of aliphatic hydroxyl groups is 1. The molecule has 2 aromatic heterocycles. The Morgan fingerprint density at radius 3 is 2.53 bits per heavy atom. The molecule has 0 radical (unpaired) electrons. The zero-order valence-electron chi connectivity index (χ0n) is 9.96. The Morgan fingerprint density at radius 1 is 1.37 bits per heavy atom. The predicted molar refractivity (Wildman–Crippen MR) is 66.4 cm³/mol. The van der Waals surface area contributed by atoms with Crippen LogP contribution in [0.15, 0.2) is 24.4 Å². The fraction of sp³-hybridized carbons (Fsp3) is 0.200. The van der Waals surface area contributed by atoms with Crippen molar-refractivity contribution in [2.45, 2.75) is 6.42 Å². The van der Waals surface area contributed by atoms with Crippen LogP contribution in [-0.4, -0.2) is 42.5 Å². The summed E-state index contributed by atoms with van der Waals surface area (Å²) >= 11 is 0. The van der Waals surface area contributed by atoms with Crippen molar-refractivity contribution >= 4 is 24.6 Å². The minimum atomic E-state index is -4.48. The number of carboxylic acid groups (broad SMARTS) is 1. The summed E-state index contributed by atoms with van der Waals surface area (Å²) < 4.78 is 12.4. The van der Waals surface area contributed by atoms with E-state index in [0.29, 0.717) is 5.65 Å². The zero-order chi connectivity index (χ0) is 14.6. The molecule has 2 aromatic rings. The quantitative estimate of drug-likeness (QED) is 0.553. The number of nitrogens with zero attached hydrogens (tertiary/aromatic N) is 2. The van der Waals surface area contributed by atoms with Crippen molar-refractivity contribution in [3.05, 3.63) is 30.1 Å². The standard InChI is InChI=1S/C9H9N2O5P.CH4O/c12-9(13)4-6-2-1-3-7-10-5-8(11(6)7)17(14,15)16;1-2/h1-3,5H,4H2,(H,12,13)(H2,14,15,16);2H,1H3. The Bertz CT molecular complexity index is 632. The molecule has 0 aromatic carbocycles. The maximum absolute atomic E-state index is 11.2. The Hall–Kier alpha value is -1.73. The van der Waals surface area contributed by atoms with Crippen LogP contribution >= 0.6 is 7.60 Å². The van der Waals surface area contributed by atoms with E-state index in [0.717, 1.165) is 13.3 Å². The highest BCUT2D eigenvalue weighted by molar-refractivity contribution is 7.60. The van der Waals surface area contributed by atoms with Crippen molar-refractivity contribution in [3.8, 4) is 0 Å². The minimum absolute atomic E-state index is 0.269. The summed E-state index contributed by atoms with van der Waals surface area (Å²) in [7, 11) is -3.48. The number of carbonyl (C=O) groups is 1. The number of imidazole rings is 1. The van der Waals surface area contributed by atoms with Gasteiger partial charge in [-0.15, -0.1) is 0 Å². The van der Waals surface area contributed by atoms with Crippen molar-refractivity contribution < 1.29 is 29.4 Å². The second-order valence-electron chi connectivity index (χ2n) is 3.44. The number of aliphatic carboxylic acids is 1. The van der Waals surface area contributed by atoms with Crippen molar-refractivity contribution in [1.29, 1.82) is 0 Å². The fourth-order valence-electron chi connectivity index (χ4n) is 1.59. The van der Waals surface area contributed by atoms with Gasteiger partial charge < -0.3 is 20.0 Å². The molecule has 0 aliphatic rings. The minimum Gasteiger partial charge on any atom is -0.481 e. The van der Waals surface area contributed by atoms with Crippen LogP contribution in [0.4, 0.5) is 0 Å². The van der Waals surface area contributed by atoms with E-state index in [1.54, 1.807) is 12.1 Å².